The van der Waals surface area contributed by atoms with E-state index >= 15 is 0 Å². The van der Waals surface area contributed by atoms with E-state index in [1.54, 1.807) is 7.05 Å². The van der Waals surface area contributed by atoms with Crippen molar-refractivity contribution in [1.82, 2.24) is 5.43 Å². The van der Waals surface area contributed by atoms with Crippen LogP contribution in [0, 0.1) is 0 Å². The van der Waals surface area contributed by atoms with Crippen molar-refractivity contribution in [3.8, 4) is 0 Å². The number of halogens is 7. The van der Waals surface area contributed by atoms with Crippen LogP contribution in [0.5, 0.6) is 0 Å². The number of carbonyl (C=O) groups is 1. The lowest BCUT2D eigenvalue weighted by molar-refractivity contribution is -0.275. The maximum Gasteiger partial charge on any atom is 0.435 e. The summed E-state index contributed by atoms with van der Waals surface area (Å²) in [5.41, 5.74) is 0.481. The molecule has 0 radical (unpaired) electrons. The molecule has 0 saturated carbocycles. The molecule has 2 aromatic rings. The Bertz CT molecular complexity index is 1060. The maximum atomic E-state index is 14.2. The second kappa shape index (κ2) is 10.3. The number of amides is 1. The van der Waals surface area contributed by atoms with Gasteiger partial charge in [-0.15, -0.1) is 0 Å². The molecule has 0 saturated heterocycles. The van der Waals surface area contributed by atoms with E-state index in [-0.39, 0.29) is 27.2 Å². The molecule has 1 N–H and O–H groups in total. The minimum atomic E-state index is -4.80. The van der Waals surface area contributed by atoms with Gasteiger partial charge < -0.3 is 4.84 Å². The first-order valence-electron chi connectivity index (χ1n) is 9.64. The summed E-state index contributed by atoms with van der Waals surface area (Å²) < 4.78 is 42.6. The fourth-order valence-electron chi connectivity index (χ4n) is 3.33. The first-order chi connectivity index (χ1) is 15.5. The molecule has 0 aromatic heterocycles. The molecule has 2 aromatic carbocycles. The Labute approximate surface area is 211 Å². The summed E-state index contributed by atoms with van der Waals surface area (Å²) in [7, 11) is 1.58. The number of benzene rings is 2. The standard InChI is InChI=1S/C21H18BrCl3F3N3O2/c1-31(29-19(32)3-2-6-22)18-7-12(4-5-16(18)25)17-11-20(33-30-17,21(26,27)28)13-8-14(23)10-15(24)9-13/h4-5,7-10H,2-3,6,11H2,1H3,(H,29,32). The third-order valence-electron chi connectivity index (χ3n) is 4.99. The van der Waals surface area contributed by atoms with E-state index in [2.05, 4.69) is 26.5 Å². The zero-order chi connectivity index (χ0) is 24.4. The minimum Gasteiger partial charge on any atom is -0.374 e. The summed E-state index contributed by atoms with van der Waals surface area (Å²) in [5, 5.41) is 6.23. The van der Waals surface area contributed by atoms with Crippen molar-refractivity contribution in [2.75, 3.05) is 17.4 Å². The van der Waals surface area contributed by atoms with E-state index in [4.69, 9.17) is 39.6 Å². The SMILES string of the molecule is CN(NC(=O)CCCBr)c1cc(C2=NOC(c3cc(Cl)cc(Cl)c3)(C(F)(F)F)C2)ccc1Cl. The molecule has 1 aliphatic heterocycles. The molecule has 1 unspecified atom stereocenters. The highest BCUT2D eigenvalue weighted by molar-refractivity contribution is 9.09. The Balaban J connectivity index is 1.90. The summed E-state index contributed by atoms with van der Waals surface area (Å²) >= 11 is 21.4. The van der Waals surface area contributed by atoms with E-state index < -0.39 is 18.2 Å². The van der Waals surface area contributed by atoms with Gasteiger partial charge in [0.25, 0.3) is 5.60 Å². The van der Waals surface area contributed by atoms with Gasteiger partial charge in [-0.1, -0.05) is 62.0 Å². The van der Waals surface area contributed by atoms with Gasteiger partial charge in [-0.3, -0.25) is 15.2 Å². The number of hydrazine groups is 1. The minimum absolute atomic E-state index is 0.0456. The van der Waals surface area contributed by atoms with Crippen molar-refractivity contribution >= 4 is 68.0 Å². The highest BCUT2D eigenvalue weighted by Gasteiger charge is 2.62. The predicted molar refractivity (Wildman–Crippen MR) is 127 cm³/mol. The third-order valence-corrected chi connectivity index (χ3v) is 6.30. The van der Waals surface area contributed by atoms with Crippen LogP contribution in [-0.2, 0) is 15.2 Å². The van der Waals surface area contributed by atoms with Gasteiger partial charge in [0.2, 0.25) is 5.91 Å². The smallest absolute Gasteiger partial charge is 0.374 e. The van der Waals surface area contributed by atoms with Crippen LogP contribution in [0.4, 0.5) is 18.9 Å². The Morgan fingerprint density at radius 1 is 1.21 bits per heavy atom. The Kier molecular flexibility index (Phi) is 8.09. The lowest BCUT2D eigenvalue weighted by Crippen LogP contribution is -2.42. The van der Waals surface area contributed by atoms with Crippen molar-refractivity contribution in [2.24, 2.45) is 5.16 Å². The normalized spacial score (nSPS) is 18.0. The molecule has 3 rings (SSSR count). The molecule has 0 fully saturated rings. The summed E-state index contributed by atoms with van der Waals surface area (Å²) in [6.45, 7) is 0. The number of hydrogen-bond acceptors (Lipinski definition) is 4. The first kappa shape index (κ1) is 25.9. The Morgan fingerprint density at radius 2 is 1.88 bits per heavy atom. The number of oxime groups is 1. The fourth-order valence-corrected chi connectivity index (χ4v) is 4.38. The molecule has 178 valence electrons. The van der Waals surface area contributed by atoms with Crippen LogP contribution in [0.1, 0.15) is 30.4 Å². The van der Waals surface area contributed by atoms with Crippen molar-refractivity contribution in [1.29, 1.82) is 0 Å². The van der Waals surface area contributed by atoms with E-state index in [1.165, 1.54) is 29.3 Å². The van der Waals surface area contributed by atoms with Crippen LogP contribution >= 0.6 is 50.7 Å². The van der Waals surface area contributed by atoms with Gasteiger partial charge in [0.1, 0.15) is 0 Å². The molecule has 33 heavy (non-hydrogen) atoms. The highest BCUT2D eigenvalue weighted by Crippen LogP contribution is 2.50. The number of anilines is 1. The van der Waals surface area contributed by atoms with E-state index in [9.17, 15) is 18.0 Å². The summed E-state index contributed by atoms with van der Waals surface area (Å²) in [4.78, 5) is 17.1. The molecule has 5 nitrogen and oxygen atoms in total. The van der Waals surface area contributed by atoms with Crippen molar-refractivity contribution in [2.45, 2.75) is 31.0 Å². The summed E-state index contributed by atoms with van der Waals surface area (Å²) in [5.74, 6) is -0.228. The molecular formula is C21H18BrCl3F3N3O2. The molecule has 1 atom stereocenters. The van der Waals surface area contributed by atoms with Crippen LogP contribution < -0.4 is 10.4 Å². The van der Waals surface area contributed by atoms with Gasteiger partial charge in [0.15, 0.2) is 0 Å². The van der Waals surface area contributed by atoms with Crippen LogP contribution in [0.3, 0.4) is 0 Å². The number of nitrogens with one attached hydrogen (secondary N) is 1. The van der Waals surface area contributed by atoms with Gasteiger partial charge in [-0.05, 0) is 36.8 Å². The fraction of sp³-hybridized carbons (Fsp3) is 0.333. The van der Waals surface area contributed by atoms with Crippen LogP contribution in [0.2, 0.25) is 15.1 Å². The molecule has 1 heterocycles. The first-order valence-corrected chi connectivity index (χ1v) is 11.9. The quantitative estimate of drug-likeness (QED) is 0.284. The third kappa shape index (κ3) is 5.70. The second-order valence-electron chi connectivity index (χ2n) is 7.34. The topological polar surface area (TPSA) is 53.9 Å². The molecular weight excluding hydrogens is 570 g/mol. The summed E-state index contributed by atoms with van der Waals surface area (Å²) in [6.07, 6.45) is -4.46. The van der Waals surface area contributed by atoms with Crippen LogP contribution in [-0.4, -0.2) is 30.2 Å². The van der Waals surface area contributed by atoms with Crippen molar-refractivity contribution < 1.29 is 22.8 Å². The van der Waals surface area contributed by atoms with Crippen LogP contribution in [0.15, 0.2) is 41.6 Å². The lowest BCUT2D eigenvalue weighted by Gasteiger charge is -2.29. The van der Waals surface area contributed by atoms with Gasteiger partial charge in [-0.2, -0.15) is 13.2 Å². The van der Waals surface area contributed by atoms with Gasteiger partial charge in [-0.25, -0.2) is 0 Å². The number of carbonyl (C=O) groups excluding carboxylic acids is 1. The van der Waals surface area contributed by atoms with Gasteiger partial charge in [0, 0.05) is 46.4 Å². The van der Waals surface area contributed by atoms with E-state index in [0.29, 0.717) is 34.4 Å². The van der Waals surface area contributed by atoms with E-state index in [1.807, 2.05) is 0 Å². The molecule has 1 amide bonds. The average molecular weight is 588 g/mol. The number of nitrogens with zero attached hydrogens (tertiary/aromatic N) is 2. The zero-order valence-electron chi connectivity index (χ0n) is 17.1. The molecule has 0 spiro atoms. The highest BCUT2D eigenvalue weighted by atomic mass is 79.9. The average Bonchev–Trinajstić information content (AvgIpc) is 3.19. The Hall–Kier alpha value is -1.68. The lowest BCUT2D eigenvalue weighted by atomic mass is 9.86. The number of hydrogen-bond donors (Lipinski definition) is 1. The second-order valence-corrected chi connectivity index (χ2v) is 9.41. The monoisotopic (exact) mass is 585 g/mol. The Morgan fingerprint density at radius 3 is 2.48 bits per heavy atom. The maximum absolute atomic E-state index is 14.2. The van der Waals surface area contributed by atoms with Crippen molar-refractivity contribution in [3.63, 3.8) is 0 Å². The molecule has 0 aliphatic carbocycles. The van der Waals surface area contributed by atoms with Gasteiger partial charge >= 0.3 is 6.18 Å². The molecule has 1 aliphatic rings. The molecule has 0 bridgehead atoms. The summed E-state index contributed by atoms with van der Waals surface area (Å²) in [6, 6.07) is 8.23. The number of rotatable bonds is 7. The van der Waals surface area contributed by atoms with Crippen molar-refractivity contribution in [3.05, 3.63) is 62.6 Å². The van der Waals surface area contributed by atoms with Gasteiger partial charge in [0.05, 0.1) is 16.4 Å². The van der Waals surface area contributed by atoms with Crippen LogP contribution in [0.25, 0.3) is 0 Å². The predicted octanol–water partition coefficient (Wildman–Crippen LogP) is 6.87. The molecule has 12 heteroatoms. The number of alkyl halides is 4. The van der Waals surface area contributed by atoms with E-state index in [0.717, 1.165) is 12.1 Å². The largest absolute Gasteiger partial charge is 0.435 e. The zero-order valence-corrected chi connectivity index (χ0v) is 21.0.